The fourth-order valence-corrected chi connectivity index (χ4v) is 1.84. The topological polar surface area (TPSA) is 82.3 Å². The van der Waals surface area contributed by atoms with Crippen molar-refractivity contribution < 1.29 is 9.47 Å². The molecule has 6 heteroatoms. The van der Waals surface area contributed by atoms with Gasteiger partial charge in [0, 0.05) is 26.2 Å². The Morgan fingerprint density at radius 1 is 1.26 bits per heavy atom. The van der Waals surface area contributed by atoms with E-state index in [-0.39, 0.29) is 12.1 Å². The molecule has 1 atom stereocenters. The molecule has 0 spiro atoms. The monoisotopic (exact) mass is 262 g/mol. The minimum absolute atomic E-state index is 0.0417. The van der Waals surface area contributed by atoms with Crippen LogP contribution in [0.5, 0.6) is 0 Å². The lowest BCUT2D eigenvalue weighted by molar-refractivity contribution is 0.0365. The van der Waals surface area contributed by atoms with E-state index in [1.54, 1.807) is 14.2 Å². The van der Waals surface area contributed by atoms with E-state index in [0.717, 1.165) is 10.9 Å². The van der Waals surface area contributed by atoms with E-state index < -0.39 is 0 Å². The number of nitrogen functional groups attached to an aromatic ring is 1. The maximum absolute atomic E-state index is 5.70. The van der Waals surface area contributed by atoms with E-state index in [4.69, 9.17) is 15.2 Å². The summed E-state index contributed by atoms with van der Waals surface area (Å²) in [5, 5.41) is 4.16. The van der Waals surface area contributed by atoms with Crippen molar-refractivity contribution in [2.24, 2.45) is 0 Å². The lowest BCUT2D eigenvalue weighted by Gasteiger charge is -2.16. The number of hydrogen-bond donors (Lipinski definition) is 2. The molecule has 0 aliphatic rings. The summed E-state index contributed by atoms with van der Waals surface area (Å²) in [6.07, 6.45) is -0.0417. The number of anilines is 2. The second-order valence-electron chi connectivity index (χ2n) is 4.14. The summed E-state index contributed by atoms with van der Waals surface area (Å²) in [5.74, 6) is 0.961. The number of ether oxygens (including phenoxy) is 2. The summed E-state index contributed by atoms with van der Waals surface area (Å²) in [7, 11) is 3.29. The number of methoxy groups -OCH3 is 2. The van der Waals surface area contributed by atoms with Crippen molar-refractivity contribution in [3.8, 4) is 0 Å². The van der Waals surface area contributed by atoms with Gasteiger partial charge in [-0.15, -0.1) is 0 Å². The van der Waals surface area contributed by atoms with Gasteiger partial charge in [-0.3, -0.25) is 0 Å². The smallest absolute Gasteiger partial charge is 0.222 e. The number of nitrogens with one attached hydrogen (secondary N) is 1. The second-order valence-corrected chi connectivity index (χ2v) is 4.14. The molecule has 19 heavy (non-hydrogen) atoms. The molecular weight excluding hydrogens is 244 g/mol. The first-order valence-electron chi connectivity index (χ1n) is 6.02. The number of nitrogens with two attached hydrogens (primary N) is 1. The number of para-hydroxylation sites is 1. The van der Waals surface area contributed by atoms with Gasteiger partial charge in [0.2, 0.25) is 5.95 Å². The SMILES string of the molecule is COCC(CNc1nc(N)nc2ccccc12)OC. The summed E-state index contributed by atoms with van der Waals surface area (Å²) in [6, 6.07) is 7.72. The number of nitrogens with zero attached hydrogens (tertiary/aromatic N) is 2. The Kier molecular flexibility index (Phi) is 4.48. The van der Waals surface area contributed by atoms with Gasteiger partial charge in [-0.25, -0.2) is 4.98 Å². The van der Waals surface area contributed by atoms with Crippen LogP contribution in [0, 0.1) is 0 Å². The first-order chi connectivity index (χ1) is 9.24. The minimum Gasteiger partial charge on any atom is -0.382 e. The van der Waals surface area contributed by atoms with Gasteiger partial charge in [0.15, 0.2) is 0 Å². The predicted octanol–water partition coefficient (Wildman–Crippen LogP) is 1.29. The van der Waals surface area contributed by atoms with E-state index in [0.29, 0.717) is 19.0 Å². The molecule has 0 saturated heterocycles. The van der Waals surface area contributed by atoms with Crippen molar-refractivity contribution in [2.45, 2.75) is 6.10 Å². The maximum Gasteiger partial charge on any atom is 0.222 e. The van der Waals surface area contributed by atoms with Crippen LogP contribution in [0.3, 0.4) is 0 Å². The van der Waals surface area contributed by atoms with Crippen LogP contribution in [0.25, 0.3) is 10.9 Å². The maximum atomic E-state index is 5.70. The van der Waals surface area contributed by atoms with Crippen molar-refractivity contribution in [3.63, 3.8) is 0 Å². The molecule has 1 aromatic carbocycles. The summed E-state index contributed by atoms with van der Waals surface area (Å²) in [4.78, 5) is 8.42. The highest BCUT2D eigenvalue weighted by atomic mass is 16.5. The molecule has 2 rings (SSSR count). The molecule has 0 fully saturated rings. The van der Waals surface area contributed by atoms with Gasteiger partial charge in [0.25, 0.3) is 0 Å². The first-order valence-corrected chi connectivity index (χ1v) is 6.02. The van der Waals surface area contributed by atoms with Crippen molar-refractivity contribution in [2.75, 3.05) is 38.4 Å². The largest absolute Gasteiger partial charge is 0.382 e. The molecule has 2 aromatic rings. The average molecular weight is 262 g/mol. The van der Waals surface area contributed by atoms with Crippen molar-refractivity contribution in [1.29, 1.82) is 0 Å². The summed E-state index contributed by atoms with van der Waals surface area (Å²) in [5.41, 5.74) is 6.52. The molecule has 0 amide bonds. The van der Waals surface area contributed by atoms with Crippen LogP contribution in [0.1, 0.15) is 0 Å². The Morgan fingerprint density at radius 3 is 2.79 bits per heavy atom. The Balaban J connectivity index is 2.20. The molecule has 1 unspecified atom stereocenters. The fourth-order valence-electron chi connectivity index (χ4n) is 1.84. The zero-order valence-corrected chi connectivity index (χ0v) is 11.1. The molecule has 1 aromatic heterocycles. The zero-order valence-electron chi connectivity index (χ0n) is 11.1. The van der Waals surface area contributed by atoms with Crippen LogP contribution in [0.4, 0.5) is 11.8 Å². The zero-order chi connectivity index (χ0) is 13.7. The molecule has 1 heterocycles. The molecular formula is C13H18N4O2. The molecule has 0 aliphatic heterocycles. The van der Waals surface area contributed by atoms with Gasteiger partial charge < -0.3 is 20.5 Å². The number of fused-ring (bicyclic) bond motifs is 1. The number of aromatic nitrogens is 2. The summed E-state index contributed by atoms with van der Waals surface area (Å²) >= 11 is 0. The van der Waals surface area contributed by atoms with Crippen LogP contribution in [-0.2, 0) is 9.47 Å². The van der Waals surface area contributed by atoms with E-state index in [1.165, 1.54) is 0 Å². The predicted molar refractivity (Wildman–Crippen MR) is 75.1 cm³/mol. The Hall–Kier alpha value is -1.92. The average Bonchev–Trinajstić information content (AvgIpc) is 2.43. The van der Waals surface area contributed by atoms with Gasteiger partial charge >= 0.3 is 0 Å². The first kappa shape index (κ1) is 13.5. The van der Waals surface area contributed by atoms with Crippen LogP contribution < -0.4 is 11.1 Å². The molecule has 0 aliphatic carbocycles. The second kappa shape index (κ2) is 6.31. The van der Waals surface area contributed by atoms with Crippen LogP contribution in [-0.4, -0.2) is 43.4 Å². The number of hydrogen-bond acceptors (Lipinski definition) is 6. The van der Waals surface area contributed by atoms with Crippen LogP contribution in [0.2, 0.25) is 0 Å². The normalized spacial score (nSPS) is 12.5. The van der Waals surface area contributed by atoms with Gasteiger partial charge in [-0.05, 0) is 12.1 Å². The Labute approximate surface area is 111 Å². The van der Waals surface area contributed by atoms with E-state index in [9.17, 15) is 0 Å². The third kappa shape index (κ3) is 3.30. The Bertz CT molecular complexity index is 547. The lowest BCUT2D eigenvalue weighted by Crippen LogP contribution is -2.27. The van der Waals surface area contributed by atoms with Gasteiger partial charge in [0.05, 0.1) is 18.2 Å². The van der Waals surface area contributed by atoms with E-state index in [2.05, 4.69) is 15.3 Å². The summed E-state index contributed by atoms with van der Waals surface area (Å²) < 4.78 is 10.4. The van der Waals surface area contributed by atoms with Crippen molar-refractivity contribution in [3.05, 3.63) is 24.3 Å². The highest BCUT2D eigenvalue weighted by Crippen LogP contribution is 2.20. The van der Waals surface area contributed by atoms with Crippen molar-refractivity contribution in [1.82, 2.24) is 9.97 Å². The molecule has 0 bridgehead atoms. The van der Waals surface area contributed by atoms with Crippen molar-refractivity contribution >= 4 is 22.7 Å². The highest BCUT2D eigenvalue weighted by Gasteiger charge is 2.09. The van der Waals surface area contributed by atoms with Gasteiger partial charge in [-0.1, -0.05) is 12.1 Å². The summed E-state index contributed by atoms with van der Waals surface area (Å²) in [6.45, 7) is 1.10. The van der Waals surface area contributed by atoms with Gasteiger partial charge in [0.1, 0.15) is 5.82 Å². The molecule has 102 valence electrons. The molecule has 0 saturated carbocycles. The van der Waals surface area contributed by atoms with Crippen LogP contribution >= 0.6 is 0 Å². The molecule has 0 radical (unpaired) electrons. The lowest BCUT2D eigenvalue weighted by atomic mass is 10.2. The number of rotatable bonds is 6. The Morgan fingerprint density at radius 2 is 2.05 bits per heavy atom. The number of benzene rings is 1. The molecule has 3 N–H and O–H groups in total. The van der Waals surface area contributed by atoms with Gasteiger partial charge in [-0.2, -0.15) is 4.98 Å². The molecule has 6 nitrogen and oxygen atoms in total. The highest BCUT2D eigenvalue weighted by molar-refractivity contribution is 5.89. The van der Waals surface area contributed by atoms with Crippen LogP contribution in [0.15, 0.2) is 24.3 Å². The standard InChI is InChI=1S/C13H18N4O2/c1-18-8-9(19-2)7-15-12-10-5-3-4-6-11(10)16-13(14)17-12/h3-6,9H,7-8H2,1-2H3,(H3,14,15,16,17). The minimum atomic E-state index is -0.0417. The third-order valence-electron chi connectivity index (χ3n) is 2.80. The third-order valence-corrected chi connectivity index (χ3v) is 2.80. The van der Waals surface area contributed by atoms with E-state index in [1.807, 2.05) is 24.3 Å². The fraction of sp³-hybridized carbons (Fsp3) is 0.385. The van der Waals surface area contributed by atoms with E-state index >= 15 is 0 Å². The quantitative estimate of drug-likeness (QED) is 0.816.